The maximum atomic E-state index is 13.1. The van der Waals surface area contributed by atoms with Crippen LogP contribution in [0.2, 0.25) is 0 Å². The summed E-state index contributed by atoms with van der Waals surface area (Å²) in [5.41, 5.74) is 5.84. The molecule has 10 heteroatoms. The number of nitrogen functional groups attached to an aromatic ring is 1. The van der Waals surface area contributed by atoms with E-state index in [1.165, 1.54) is 12.1 Å². The van der Waals surface area contributed by atoms with E-state index in [1.54, 1.807) is 36.4 Å². The fraction of sp³-hybridized carbons (Fsp3) is 0. The van der Waals surface area contributed by atoms with Crippen molar-refractivity contribution in [1.29, 1.82) is 0 Å². The SMILES string of the molecule is Nc1c(S(=O)(=O)[O-])cc(Nc2ccc(Br)cc2)c2c1C(=O)c1ccccc1C2=O.[Na+]. The van der Waals surface area contributed by atoms with E-state index < -0.39 is 32.3 Å². The molecule has 0 unspecified atom stereocenters. The second kappa shape index (κ2) is 8.26. The molecule has 7 nitrogen and oxygen atoms in total. The van der Waals surface area contributed by atoms with Crippen molar-refractivity contribution in [3.8, 4) is 0 Å². The van der Waals surface area contributed by atoms with E-state index in [2.05, 4.69) is 21.2 Å². The van der Waals surface area contributed by atoms with E-state index in [1.807, 2.05) is 0 Å². The molecule has 4 rings (SSSR count). The number of fused-ring (bicyclic) bond motifs is 2. The van der Waals surface area contributed by atoms with Gasteiger partial charge >= 0.3 is 29.6 Å². The number of hydrogen-bond acceptors (Lipinski definition) is 7. The summed E-state index contributed by atoms with van der Waals surface area (Å²) in [5.74, 6) is -1.10. The standard InChI is InChI=1S/C20H13BrN2O5S.Na/c21-10-5-7-11(8-6-10)23-14-9-15(29(26,27)28)18(22)17-16(14)19(24)12-3-1-2-4-13(12)20(17)25;/h1-9,23H,22H2,(H,26,27,28);/q;+1/p-1. The second-order valence-electron chi connectivity index (χ2n) is 6.38. The minimum Gasteiger partial charge on any atom is -0.744 e. The fourth-order valence-electron chi connectivity index (χ4n) is 3.29. The van der Waals surface area contributed by atoms with E-state index in [0.29, 0.717) is 5.69 Å². The van der Waals surface area contributed by atoms with E-state index in [-0.39, 0.29) is 57.5 Å². The van der Waals surface area contributed by atoms with Crippen molar-refractivity contribution in [2.45, 2.75) is 4.90 Å². The van der Waals surface area contributed by atoms with Gasteiger partial charge in [-0.05, 0) is 30.3 Å². The zero-order chi connectivity index (χ0) is 20.9. The molecule has 146 valence electrons. The molecule has 30 heavy (non-hydrogen) atoms. The summed E-state index contributed by atoms with van der Waals surface area (Å²) >= 11 is 3.31. The molecule has 0 saturated heterocycles. The van der Waals surface area contributed by atoms with E-state index in [9.17, 15) is 22.6 Å². The molecule has 3 N–H and O–H groups in total. The maximum absolute atomic E-state index is 13.1. The molecule has 0 aromatic heterocycles. The largest absolute Gasteiger partial charge is 1.00 e. The Morgan fingerprint density at radius 1 is 0.900 bits per heavy atom. The van der Waals surface area contributed by atoms with Gasteiger partial charge in [-0.2, -0.15) is 0 Å². The van der Waals surface area contributed by atoms with E-state index in [4.69, 9.17) is 5.73 Å². The summed E-state index contributed by atoms with van der Waals surface area (Å²) in [6.07, 6.45) is 0. The number of carbonyl (C=O) groups excluding carboxylic acids is 2. The van der Waals surface area contributed by atoms with Crippen molar-refractivity contribution in [3.05, 3.63) is 81.3 Å². The summed E-state index contributed by atoms with van der Waals surface area (Å²) in [4.78, 5) is 25.4. The van der Waals surface area contributed by atoms with Gasteiger partial charge in [0.1, 0.15) is 10.1 Å². The first kappa shape index (κ1) is 22.7. The van der Waals surface area contributed by atoms with Crippen LogP contribution in [-0.2, 0) is 10.1 Å². The Hall–Kier alpha value is -2.01. The normalized spacial score (nSPS) is 12.6. The Bertz CT molecular complexity index is 1310. The number of rotatable bonds is 3. The van der Waals surface area contributed by atoms with E-state index >= 15 is 0 Å². The average molecular weight is 495 g/mol. The number of benzene rings is 3. The van der Waals surface area contributed by atoms with Crippen LogP contribution in [0.5, 0.6) is 0 Å². The molecule has 0 radical (unpaired) electrons. The minimum absolute atomic E-state index is 0. The topological polar surface area (TPSA) is 129 Å². The van der Waals surface area contributed by atoms with Crippen LogP contribution in [0.15, 0.2) is 64.0 Å². The van der Waals surface area contributed by atoms with Crippen molar-refractivity contribution in [2.24, 2.45) is 0 Å². The molecule has 0 fully saturated rings. The molecule has 0 spiro atoms. The van der Waals surface area contributed by atoms with Crippen molar-refractivity contribution in [3.63, 3.8) is 0 Å². The molecule has 0 heterocycles. The summed E-state index contributed by atoms with van der Waals surface area (Å²) in [5, 5.41) is 2.93. The van der Waals surface area contributed by atoms with Crippen LogP contribution in [0.4, 0.5) is 17.1 Å². The van der Waals surface area contributed by atoms with Crippen LogP contribution in [0.1, 0.15) is 31.8 Å². The first-order chi connectivity index (χ1) is 13.7. The Kier molecular flexibility index (Phi) is 6.24. The molecule has 1 aliphatic rings. The van der Waals surface area contributed by atoms with Gasteiger partial charge in [-0.3, -0.25) is 9.59 Å². The molecule has 3 aromatic rings. The summed E-state index contributed by atoms with van der Waals surface area (Å²) in [6, 6.07) is 14.0. The van der Waals surface area contributed by atoms with Gasteiger partial charge in [-0.1, -0.05) is 40.2 Å². The van der Waals surface area contributed by atoms with Crippen LogP contribution in [0.3, 0.4) is 0 Å². The Morgan fingerprint density at radius 3 is 1.97 bits per heavy atom. The second-order valence-corrected chi connectivity index (χ2v) is 8.64. The zero-order valence-electron chi connectivity index (χ0n) is 15.6. The third-order valence-electron chi connectivity index (χ3n) is 4.59. The van der Waals surface area contributed by atoms with Crippen molar-refractivity contribution in [2.75, 3.05) is 11.1 Å². The van der Waals surface area contributed by atoms with Crippen LogP contribution in [0.25, 0.3) is 0 Å². The van der Waals surface area contributed by atoms with Gasteiger partial charge in [0.2, 0.25) is 0 Å². The molecule has 1 aliphatic carbocycles. The summed E-state index contributed by atoms with van der Waals surface area (Å²) < 4.78 is 36.1. The van der Waals surface area contributed by atoms with Crippen molar-refractivity contribution < 1.29 is 52.1 Å². The van der Waals surface area contributed by atoms with Gasteiger partial charge in [-0.15, -0.1) is 0 Å². The number of carbonyl (C=O) groups is 2. The molecule has 0 saturated carbocycles. The number of ketones is 2. The molecule has 0 aliphatic heterocycles. The van der Waals surface area contributed by atoms with Crippen LogP contribution >= 0.6 is 15.9 Å². The van der Waals surface area contributed by atoms with Crippen molar-refractivity contribution in [1.82, 2.24) is 0 Å². The number of halogens is 1. The minimum atomic E-state index is -4.99. The van der Waals surface area contributed by atoms with Gasteiger partial charge in [0.15, 0.2) is 11.6 Å². The Morgan fingerprint density at radius 2 is 1.43 bits per heavy atom. The fourth-order valence-corrected chi connectivity index (χ4v) is 4.19. The van der Waals surface area contributed by atoms with Crippen LogP contribution in [0, 0.1) is 0 Å². The molecule has 0 atom stereocenters. The third-order valence-corrected chi connectivity index (χ3v) is 6.00. The van der Waals surface area contributed by atoms with Crippen LogP contribution < -0.4 is 40.6 Å². The molecular weight excluding hydrogens is 483 g/mol. The first-order valence-corrected chi connectivity index (χ1v) is 10.5. The third kappa shape index (κ3) is 3.84. The summed E-state index contributed by atoms with van der Waals surface area (Å²) in [7, 11) is -4.99. The quantitative estimate of drug-likeness (QED) is 0.240. The predicted molar refractivity (Wildman–Crippen MR) is 110 cm³/mol. The van der Waals surface area contributed by atoms with Crippen LogP contribution in [-0.4, -0.2) is 24.5 Å². The zero-order valence-corrected chi connectivity index (χ0v) is 20.0. The first-order valence-electron chi connectivity index (χ1n) is 8.32. The average Bonchev–Trinajstić information content (AvgIpc) is 2.68. The van der Waals surface area contributed by atoms with Gasteiger partial charge in [0.25, 0.3) is 0 Å². The smallest absolute Gasteiger partial charge is 0.744 e. The molecule has 3 aromatic carbocycles. The number of anilines is 3. The van der Waals surface area contributed by atoms with Gasteiger partial charge in [0.05, 0.1) is 27.4 Å². The Labute approximate surface area is 202 Å². The predicted octanol–water partition coefficient (Wildman–Crippen LogP) is 0.458. The van der Waals surface area contributed by atoms with Gasteiger partial charge < -0.3 is 15.6 Å². The monoisotopic (exact) mass is 494 g/mol. The number of nitrogens with two attached hydrogens (primary N) is 1. The van der Waals surface area contributed by atoms with Gasteiger partial charge in [-0.25, -0.2) is 8.42 Å². The number of hydrogen-bond donors (Lipinski definition) is 2. The number of nitrogens with one attached hydrogen (secondary N) is 1. The van der Waals surface area contributed by atoms with Crippen molar-refractivity contribution >= 4 is 54.7 Å². The van der Waals surface area contributed by atoms with Gasteiger partial charge in [0, 0.05) is 21.3 Å². The molecule has 0 amide bonds. The Balaban J connectivity index is 0.00000256. The molecule has 0 bridgehead atoms. The summed E-state index contributed by atoms with van der Waals surface area (Å²) in [6.45, 7) is 0. The maximum Gasteiger partial charge on any atom is 1.00 e. The van der Waals surface area contributed by atoms with E-state index in [0.717, 1.165) is 10.5 Å². The molecular formula is C20H12BrN2NaO5S.